The summed E-state index contributed by atoms with van der Waals surface area (Å²) in [4.78, 5) is 26.7. The minimum absolute atomic E-state index is 0.0420. The molecule has 11 nitrogen and oxygen atoms in total. The molecule has 1 aliphatic carbocycles. The van der Waals surface area contributed by atoms with Crippen LogP contribution < -0.4 is 35.9 Å². The number of hydrogen-bond acceptors (Lipinski definition) is 10. The zero-order valence-electron chi connectivity index (χ0n) is 30.0. The Morgan fingerprint density at radius 1 is 0.840 bits per heavy atom. The van der Waals surface area contributed by atoms with E-state index in [1.54, 1.807) is 6.07 Å². The summed E-state index contributed by atoms with van der Waals surface area (Å²) in [5.41, 5.74) is 8.77. The first-order valence-electron chi connectivity index (χ1n) is 18.8. The summed E-state index contributed by atoms with van der Waals surface area (Å²) in [6, 6.07) is 7.12. The van der Waals surface area contributed by atoms with Crippen LogP contribution in [0, 0.1) is 18.8 Å². The van der Waals surface area contributed by atoms with Crippen molar-refractivity contribution in [1.29, 1.82) is 0 Å². The maximum atomic E-state index is 13.3. The van der Waals surface area contributed by atoms with E-state index in [4.69, 9.17) is 24.7 Å². The Kier molecular flexibility index (Phi) is 14.5. The second-order valence-electron chi connectivity index (χ2n) is 14.0. The number of nitrogens with two attached hydrogens (primary N) is 1. The van der Waals surface area contributed by atoms with E-state index in [9.17, 15) is 14.7 Å². The number of ether oxygens (including phenoxy) is 4. The molecule has 1 amide bonds. The van der Waals surface area contributed by atoms with E-state index >= 15 is 0 Å². The predicted octanol–water partition coefficient (Wildman–Crippen LogP) is 5.35. The Morgan fingerprint density at radius 3 is 2.08 bits per heavy atom. The van der Waals surface area contributed by atoms with Gasteiger partial charge in [0, 0.05) is 18.3 Å². The van der Waals surface area contributed by atoms with Gasteiger partial charge >= 0.3 is 5.97 Å². The lowest BCUT2D eigenvalue weighted by atomic mass is 9.65. The summed E-state index contributed by atoms with van der Waals surface area (Å²) in [6.45, 7) is 7.03. The van der Waals surface area contributed by atoms with Crippen LogP contribution in [0.3, 0.4) is 0 Å². The van der Waals surface area contributed by atoms with Crippen LogP contribution in [0.4, 0.5) is 0 Å². The minimum atomic E-state index is -0.523. The summed E-state index contributed by atoms with van der Waals surface area (Å²) in [5.74, 6) is 0.132. The number of benzene rings is 2. The largest absolute Gasteiger partial charge is 0.504 e. The first kappa shape index (κ1) is 37.7. The topological polar surface area (TPSA) is 153 Å². The highest BCUT2D eigenvalue weighted by molar-refractivity contribution is 5.81. The van der Waals surface area contributed by atoms with E-state index in [0.717, 1.165) is 68.7 Å². The van der Waals surface area contributed by atoms with Gasteiger partial charge in [0.25, 0.3) is 0 Å². The molecule has 2 aromatic carbocycles. The van der Waals surface area contributed by atoms with Crippen LogP contribution in [-0.2, 0) is 14.3 Å². The van der Waals surface area contributed by atoms with E-state index in [1.807, 2.05) is 25.1 Å². The molecular weight excluding hydrogens is 636 g/mol. The molecule has 2 heterocycles. The summed E-state index contributed by atoms with van der Waals surface area (Å²) in [5, 5.41) is 20.8. The molecule has 2 aromatic rings. The first-order valence-corrected chi connectivity index (χ1v) is 18.8. The number of unbranched alkanes of at least 4 members (excludes halogenated alkanes) is 8. The van der Waals surface area contributed by atoms with Crippen LogP contribution in [0.15, 0.2) is 24.3 Å². The van der Waals surface area contributed by atoms with Crippen molar-refractivity contribution in [1.82, 2.24) is 16.0 Å². The highest BCUT2D eigenvalue weighted by Crippen LogP contribution is 2.55. The van der Waals surface area contributed by atoms with E-state index in [1.165, 1.54) is 58.5 Å². The maximum absolute atomic E-state index is 13.3. The number of fused-ring (bicyclic) bond motifs is 3. The maximum Gasteiger partial charge on any atom is 0.310 e. The van der Waals surface area contributed by atoms with Crippen molar-refractivity contribution < 1.29 is 33.6 Å². The number of methoxy groups -OCH3 is 1. The number of amides is 1. The summed E-state index contributed by atoms with van der Waals surface area (Å²) in [7, 11) is 1.51. The Balaban J connectivity index is 1.07. The van der Waals surface area contributed by atoms with E-state index in [2.05, 4.69) is 16.0 Å². The molecule has 11 heteroatoms. The number of hydrogen-bond donors (Lipinski definition) is 5. The molecule has 1 fully saturated rings. The second kappa shape index (κ2) is 19.2. The average Bonchev–Trinajstić information content (AvgIpc) is 3.74. The van der Waals surface area contributed by atoms with Crippen molar-refractivity contribution in [2.45, 2.75) is 95.9 Å². The molecule has 0 radical (unpaired) electrons. The number of aromatic hydroxyl groups is 1. The van der Waals surface area contributed by atoms with Crippen LogP contribution in [0.25, 0.3) is 0 Å². The Hall–Kier alpha value is -3.54. The average molecular weight is 695 g/mol. The lowest BCUT2D eigenvalue weighted by molar-refractivity contribution is -0.141. The van der Waals surface area contributed by atoms with Crippen molar-refractivity contribution in [3.8, 4) is 23.0 Å². The van der Waals surface area contributed by atoms with Gasteiger partial charge in [-0.1, -0.05) is 38.2 Å². The van der Waals surface area contributed by atoms with Crippen LogP contribution in [0.5, 0.6) is 23.0 Å². The van der Waals surface area contributed by atoms with Gasteiger partial charge in [0.1, 0.15) is 0 Å². The molecular formula is C39H58N4O7. The fourth-order valence-corrected chi connectivity index (χ4v) is 7.67. The molecule has 2 aliphatic heterocycles. The molecule has 4 atom stereocenters. The highest BCUT2D eigenvalue weighted by Gasteiger charge is 2.53. The summed E-state index contributed by atoms with van der Waals surface area (Å²) < 4.78 is 22.6. The van der Waals surface area contributed by atoms with Crippen LogP contribution in [-0.4, -0.2) is 70.2 Å². The lowest BCUT2D eigenvalue weighted by Crippen LogP contribution is -2.42. The second-order valence-corrected chi connectivity index (χ2v) is 14.0. The van der Waals surface area contributed by atoms with Gasteiger partial charge in [-0.25, -0.2) is 0 Å². The van der Waals surface area contributed by atoms with Gasteiger partial charge in [-0.05, 0) is 119 Å². The number of esters is 1. The number of phenols is 1. The van der Waals surface area contributed by atoms with E-state index in [0.29, 0.717) is 29.2 Å². The predicted molar refractivity (Wildman–Crippen MR) is 193 cm³/mol. The first-order chi connectivity index (χ1) is 24.4. The smallest absolute Gasteiger partial charge is 0.310 e. The summed E-state index contributed by atoms with van der Waals surface area (Å²) in [6.07, 6.45) is 13.3. The molecule has 0 saturated carbocycles. The van der Waals surface area contributed by atoms with Gasteiger partial charge in [0.05, 0.1) is 25.7 Å². The number of cyclic esters (lactones) is 1. The molecule has 1 saturated heterocycles. The molecule has 0 bridgehead atoms. The summed E-state index contributed by atoms with van der Waals surface area (Å²) >= 11 is 0. The standard InChI is InChI=1S/C39H58N4O7/c1-26-20-27(21-33(47-2)38(26)45)35-28-22-31-32(50-25-49-31)23-29(28)37(30-24-48-39(46)36(30)35)43-34(44)14-8-12-18-41-16-10-6-4-3-5-7-11-17-42-19-13-9-15-40/h20-23,30,35-37,41-42,45H,3-19,24-25,40H2,1-2H3,(H,43,44)/t30-,35?,36-,37+/m0/s1. The zero-order chi connectivity index (χ0) is 35.3. The third kappa shape index (κ3) is 9.61. The van der Waals surface area contributed by atoms with E-state index in [-0.39, 0.29) is 42.9 Å². The van der Waals surface area contributed by atoms with Gasteiger partial charge in [-0.3, -0.25) is 9.59 Å². The normalized spacial score (nSPS) is 20.3. The van der Waals surface area contributed by atoms with Crippen molar-refractivity contribution in [2.24, 2.45) is 17.6 Å². The highest BCUT2D eigenvalue weighted by atomic mass is 16.7. The quantitative estimate of drug-likeness (QED) is 0.0806. The van der Waals surface area contributed by atoms with Crippen molar-refractivity contribution in [2.75, 3.05) is 53.2 Å². The number of carbonyl (C=O) groups is 2. The van der Waals surface area contributed by atoms with Crippen LogP contribution in [0.1, 0.15) is 111 Å². The van der Waals surface area contributed by atoms with Crippen molar-refractivity contribution >= 4 is 11.9 Å². The van der Waals surface area contributed by atoms with Gasteiger partial charge < -0.3 is 45.7 Å². The molecule has 50 heavy (non-hydrogen) atoms. The number of phenolic OH excluding ortho intramolecular Hbond substituents is 1. The van der Waals surface area contributed by atoms with Crippen molar-refractivity contribution in [3.63, 3.8) is 0 Å². The Labute approximate surface area is 297 Å². The zero-order valence-corrected chi connectivity index (χ0v) is 30.0. The SMILES string of the molecule is COc1cc(C2c3cc4c(cc3[C@@H](NC(=O)CCCCNCCCCCCCCCNCCCCN)[C@H]3COC(=O)[C@H]23)OCO4)cc(C)c1O. The molecule has 6 N–H and O–H groups in total. The van der Waals surface area contributed by atoms with Crippen LogP contribution in [0.2, 0.25) is 0 Å². The number of carbonyl (C=O) groups excluding carboxylic acids is 2. The molecule has 0 aromatic heterocycles. The monoisotopic (exact) mass is 694 g/mol. The fraction of sp³-hybridized carbons (Fsp3) is 0.641. The molecule has 1 unspecified atom stereocenters. The molecule has 5 rings (SSSR count). The van der Waals surface area contributed by atoms with Crippen LogP contribution >= 0.6 is 0 Å². The number of nitrogens with one attached hydrogen (secondary N) is 3. The van der Waals surface area contributed by atoms with E-state index < -0.39 is 12.0 Å². The Morgan fingerprint density at radius 2 is 1.44 bits per heavy atom. The number of rotatable bonds is 22. The van der Waals surface area contributed by atoms with Crippen molar-refractivity contribution in [3.05, 3.63) is 46.5 Å². The fourth-order valence-electron chi connectivity index (χ4n) is 7.67. The lowest BCUT2D eigenvalue weighted by Gasteiger charge is -2.39. The third-order valence-corrected chi connectivity index (χ3v) is 10.4. The van der Waals surface area contributed by atoms with Gasteiger partial charge in [-0.2, -0.15) is 0 Å². The third-order valence-electron chi connectivity index (χ3n) is 10.4. The molecule has 276 valence electrons. The molecule has 3 aliphatic rings. The van der Waals surface area contributed by atoms with Gasteiger partial charge in [-0.15, -0.1) is 0 Å². The minimum Gasteiger partial charge on any atom is -0.504 e. The molecule has 0 spiro atoms. The van der Waals surface area contributed by atoms with Gasteiger partial charge in [0.2, 0.25) is 12.7 Å². The van der Waals surface area contributed by atoms with Gasteiger partial charge in [0.15, 0.2) is 23.0 Å². The Bertz CT molecular complexity index is 1420. The number of aryl methyl sites for hydroxylation is 1.